The lowest BCUT2D eigenvalue weighted by Crippen LogP contribution is -2.41. The molecule has 3 heterocycles. The summed E-state index contributed by atoms with van der Waals surface area (Å²) >= 11 is 6.08. The quantitative estimate of drug-likeness (QED) is 0.201. The lowest BCUT2D eigenvalue weighted by molar-refractivity contribution is -0.141. The summed E-state index contributed by atoms with van der Waals surface area (Å²) in [4.78, 5) is 5.26. The van der Waals surface area contributed by atoms with Gasteiger partial charge in [-0.25, -0.2) is 4.98 Å². The molecule has 3 aromatic rings. The van der Waals surface area contributed by atoms with E-state index in [-0.39, 0.29) is 36.0 Å². The Morgan fingerprint density at radius 3 is 2.43 bits per heavy atom. The summed E-state index contributed by atoms with van der Waals surface area (Å²) in [5.41, 5.74) is -2.11. The van der Waals surface area contributed by atoms with Crippen molar-refractivity contribution in [3.05, 3.63) is 64.2 Å². The highest BCUT2D eigenvalue weighted by Crippen LogP contribution is 2.40. The first-order valence-corrected chi connectivity index (χ1v) is 10.4. The lowest BCUT2D eigenvalue weighted by atomic mass is 10.1. The number of rotatable bonds is 3. The number of amidine groups is 1. The lowest BCUT2D eigenvalue weighted by Gasteiger charge is -2.34. The molecule has 0 fully saturated rings. The molecule has 184 valence electrons. The SMILES string of the molecule is C=N/N=C(/c1cccc(C(F)(F)F)n1)N1Cc2nnc(-c3cccc(C(F)(F)F)c3Cl)n2C(C)C1. The molecule has 1 aliphatic heterocycles. The number of halogens is 7. The van der Waals surface area contributed by atoms with Gasteiger partial charge in [-0.05, 0) is 31.2 Å². The number of fused-ring (bicyclic) bond motifs is 1. The second kappa shape index (κ2) is 8.95. The Balaban J connectivity index is 1.72. The molecule has 0 amide bonds. The maximum Gasteiger partial charge on any atom is 0.433 e. The minimum Gasteiger partial charge on any atom is -0.344 e. The molecule has 0 saturated heterocycles. The fourth-order valence-corrected chi connectivity index (χ4v) is 4.18. The van der Waals surface area contributed by atoms with E-state index in [2.05, 4.69) is 32.1 Å². The van der Waals surface area contributed by atoms with Crippen LogP contribution in [0.25, 0.3) is 11.4 Å². The van der Waals surface area contributed by atoms with E-state index in [0.717, 1.165) is 12.1 Å². The average Bonchev–Trinajstić information content (AvgIpc) is 3.20. The van der Waals surface area contributed by atoms with Gasteiger partial charge in [0.1, 0.15) is 11.4 Å². The Hall–Kier alpha value is -3.48. The zero-order valence-corrected chi connectivity index (χ0v) is 18.7. The van der Waals surface area contributed by atoms with Crippen LogP contribution < -0.4 is 0 Å². The summed E-state index contributed by atoms with van der Waals surface area (Å²) in [6.45, 7) is 5.26. The van der Waals surface area contributed by atoms with Crippen LogP contribution in [0.3, 0.4) is 0 Å². The van der Waals surface area contributed by atoms with Crippen LogP contribution in [0.2, 0.25) is 5.02 Å². The van der Waals surface area contributed by atoms with Crippen molar-refractivity contribution in [1.29, 1.82) is 0 Å². The molecule has 1 aromatic carbocycles. The number of alkyl halides is 6. The van der Waals surface area contributed by atoms with Gasteiger partial charge in [-0.2, -0.15) is 31.4 Å². The number of aromatic nitrogens is 4. The third-order valence-corrected chi connectivity index (χ3v) is 5.71. The van der Waals surface area contributed by atoms with Gasteiger partial charge in [0.05, 0.1) is 23.2 Å². The van der Waals surface area contributed by atoms with Crippen molar-refractivity contribution in [1.82, 2.24) is 24.6 Å². The van der Waals surface area contributed by atoms with Crippen molar-refractivity contribution < 1.29 is 26.3 Å². The molecule has 7 nitrogen and oxygen atoms in total. The largest absolute Gasteiger partial charge is 0.433 e. The Labute approximate surface area is 199 Å². The predicted molar refractivity (Wildman–Crippen MR) is 116 cm³/mol. The van der Waals surface area contributed by atoms with E-state index in [9.17, 15) is 26.3 Å². The molecular weight excluding hydrogens is 500 g/mol. The number of hydrogen-bond acceptors (Lipinski definition) is 5. The van der Waals surface area contributed by atoms with E-state index in [1.165, 1.54) is 24.3 Å². The number of pyridine rings is 1. The predicted octanol–water partition coefficient (Wildman–Crippen LogP) is 5.47. The van der Waals surface area contributed by atoms with Crippen LogP contribution in [-0.2, 0) is 18.9 Å². The van der Waals surface area contributed by atoms with Crippen molar-refractivity contribution in [2.45, 2.75) is 31.9 Å². The van der Waals surface area contributed by atoms with Gasteiger partial charge in [-0.3, -0.25) is 0 Å². The molecule has 1 aliphatic rings. The maximum atomic E-state index is 13.3. The minimum atomic E-state index is -4.66. The molecule has 1 unspecified atom stereocenters. The smallest absolute Gasteiger partial charge is 0.344 e. The minimum absolute atomic E-state index is 0.0280. The monoisotopic (exact) mass is 515 g/mol. The molecule has 1 atom stereocenters. The third kappa shape index (κ3) is 4.72. The molecule has 0 radical (unpaired) electrons. The molecule has 4 rings (SSSR count). The van der Waals surface area contributed by atoms with Gasteiger partial charge >= 0.3 is 12.4 Å². The van der Waals surface area contributed by atoms with Gasteiger partial charge in [0.25, 0.3) is 0 Å². The summed E-state index contributed by atoms with van der Waals surface area (Å²) in [5.74, 6) is 0.516. The summed E-state index contributed by atoms with van der Waals surface area (Å²) in [7, 11) is 0. The van der Waals surface area contributed by atoms with Gasteiger partial charge < -0.3 is 9.47 Å². The average molecular weight is 516 g/mol. The molecule has 0 N–H and O–H groups in total. The number of nitrogens with zero attached hydrogens (tertiary/aromatic N) is 7. The zero-order valence-electron chi connectivity index (χ0n) is 17.9. The van der Waals surface area contributed by atoms with Crippen molar-refractivity contribution in [3.8, 4) is 11.4 Å². The molecule has 14 heteroatoms. The van der Waals surface area contributed by atoms with Crippen molar-refractivity contribution in [3.63, 3.8) is 0 Å². The van der Waals surface area contributed by atoms with Gasteiger partial charge in [-0.1, -0.05) is 23.7 Å². The van der Waals surface area contributed by atoms with Crippen LogP contribution in [-0.4, -0.2) is 43.7 Å². The van der Waals surface area contributed by atoms with Gasteiger partial charge in [0.2, 0.25) is 0 Å². The highest BCUT2D eigenvalue weighted by molar-refractivity contribution is 6.34. The second-order valence-electron chi connectivity index (χ2n) is 7.68. The topological polar surface area (TPSA) is 71.6 Å². The Morgan fingerprint density at radius 2 is 1.77 bits per heavy atom. The van der Waals surface area contributed by atoms with E-state index in [0.29, 0.717) is 5.82 Å². The summed E-state index contributed by atoms with van der Waals surface area (Å²) < 4.78 is 81.1. The number of benzene rings is 1. The normalized spacial score (nSPS) is 16.9. The second-order valence-corrected chi connectivity index (χ2v) is 8.05. The highest BCUT2D eigenvalue weighted by atomic mass is 35.5. The Kier molecular flexibility index (Phi) is 6.30. The first kappa shape index (κ1) is 24.6. The van der Waals surface area contributed by atoms with E-state index >= 15 is 0 Å². The Bertz CT molecular complexity index is 1300. The van der Waals surface area contributed by atoms with Crippen molar-refractivity contribution in [2.75, 3.05) is 6.54 Å². The van der Waals surface area contributed by atoms with Crippen LogP contribution in [0.15, 0.2) is 46.6 Å². The van der Waals surface area contributed by atoms with Crippen molar-refractivity contribution >= 4 is 24.2 Å². The molecule has 0 spiro atoms. The Morgan fingerprint density at radius 1 is 1.06 bits per heavy atom. The van der Waals surface area contributed by atoms with Crippen LogP contribution in [0.4, 0.5) is 26.3 Å². The van der Waals surface area contributed by atoms with Crippen LogP contribution >= 0.6 is 11.6 Å². The van der Waals surface area contributed by atoms with E-state index < -0.39 is 34.7 Å². The fourth-order valence-electron chi connectivity index (χ4n) is 3.86. The number of hydrogen-bond donors (Lipinski definition) is 0. The van der Waals surface area contributed by atoms with Gasteiger partial charge in [0.15, 0.2) is 17.5 Å². The molecule has 0 saturated carbocycles. The summed E-state index contributed by atoms with van der Waals surface area (Å²) in [6.07, 6.45) is -9.31. The van der Waals surface area contributed by atoms with E-state index in [1.807, 2.05) is 0 Å². The first-order valence-electron chi connectivity index (χ1n) is 10.0. The standard InChI is InChI=1S/C21H16ClF6N7/c1-11-9-34(19(32-29-2)14-7-4-8-15(30-14)21(26,27)28)10-16-31-33-18(35(11)16)12-5-3-6-13(17(12)22)20(23,24)25/h3-8,11H,2,9-10H2,1H3/b32-19-. The first-order chi connectivity index (χ1) is 16.4. The van der Waals surface area contributed by atoms with Crippen LogP contribution in [0, 0.1) is 0 Å². The van der Waals surface area contributed by atoms with E-state index in [1.54, 1.807) is 16.4 Å². The summed E-state index contributed by atoms with van der Waals surface area (Å²) in [6, 6.07) is 6.49. The third-order valence-electron chi connectivity index (χ3n) is 5.30. The molecule has 2 aromatic heterocycles. The zero-order chi connectivity index (χ0) is 25.5. The van der Waals surface area contributed by atoms with Crippen LogP contribution in [0.5, 0.6) is 0 Å². The molecule has 35 heavy (non-hydrogen) atoms. The summed E-state index contributed by atoms with van der Waals surface area (Å²) in [5, 5.41) is 15.0. The van der Waals surface area contributed by atoms with Gasteiger partial charge in [-0.15, -0.1) is 15.3 Å². The fraction of sp³-hybridized carbons (Fsp3) is 0.286. The maximum absolute atomic E-state index is 13.3. The molecule has 0 aliphatic carbocycles. The van der Waals surface area contributed by atoms with Crippen molar-refractivity contribution in [2.24, 2.45) is 10.2 Å². The molecule has 0 bridgehead atoms. The van der Waals surface area contributed by atoms with Crippen LogP contribution in [0.1, 0.15) is 35.7 Å². The highest BCUT2D eigenvalue weighted by Gasteiger charge is 2.37. The molecular formula is C21H16ClF6N7. The van der Waals surface area contributed by atoms with E-state index in [4.69, 9.17) is 11.6 Å². The van der Waals surface area contributed by atoms with Gasteiger partial charge in [0, 0.05) is 18.8 Å².